The highest BCUT2D eigenvalue weighted by Gasteiger charge is 2.18. The second kappa shape index (κ2) is 6.71. The van der Waals surface area contributed by atoms with Crippen molar-refractivity contribution >= 4 is 0 Å². The second-order valence-electron chi connectivity index (χ2n) is 4.62. The van der Waals surface area contributed by atoms with E-state index in [2.05, 4.69) is 30.2 Å². The van der Waals surface area contributed by atoms with Crippen molar-refractivity contribution in [3.05, 3.63) is 23.9 Å². The van der Waals surface area contributed by atoms with Crippen molar-refractivity contribution in [1.29, 1.82) is 0 Å². The Bertz CT molecular complexity index is 365. The lowest BCUT2D eigenvalue weighted by atomic mass is 10.1. The summed E-state index contributed by atoms with van der Waals surface area (Å²) in [5.74, 6) is 0.724. The molecule has 1 fully saturated rings. The van der Waals surface area contributed by atoms with Crippen LogP contribution in [-0.2, 0) is 4.74 Å². The topological polar surface area (TPSA) is 43.4 Å². The van der Waals surface area contributed by atoms with Gasteiger partial charge in [-0.2, -0.15) is 0 Å². The van der Waals surface area contributed by atoms with Gasteiger partial charge in [-0.15, -0.1) is 0 Å². The molecule has 2 atom stereocenters. The maximum absolute atomic E-state index is 5.81. The Labute approximate surface area is 109 Å². The lowest BCUT2D eigenvalue weighted by Gasteiger charge is -2.17. The minimum absolute atomic E-state index is 0.231. The molecule has 2 unspecified atom stereocenters. The van der Waals surface area contributed by atoms with Crippen LogP contribution in [0.25, 0.3) is 0 Å². The third-order valence-electron chi connectivity index (χ3n) is 3.21. The molecule has 1 saturated heterocycles. The van der Waals surface area contributed by atoms with Crippen LogP contribution in [-0.4, -0.2) is 30.8 Å². The molecule has 2 rings (SSSR count). The lowest BCUT2D eigenvalue weighted by molar-refractivity contribution is 0.0658. The predicted molar refractivity (Wildman–Crippen MR) is 70.8 cm³/mol. The molecule has 0 saturated carbocycles. The Morgan fingerprint density at radius 1 is 1.61 bits per heavy atom. The first-order valence-corrected chi connectivity index (χ1v) is 6.74. The summed E-state index contributed by atoms with van der Waals surface area (Å²) >= 11 is 0. The van der Waals surface area contributed by atoms with Crippen molar-refractivity contribution in [3.63, 3.8) is 0 Å². The zero-order valence-electron chi connectivity index (χ0n) is 11.2. The van der Waals surface area contributed by atoms with Crippen LogP contribution in [0.3, 0.4) is 0 Å². The van der Waals surface area contributed by atoms with E-state index in [0.717, 1.165) is 37.4 Å². The zero-order chi connectivity index (χ0) is 12.8. The Hall–Kier alpha value is -1.13. The van der Waals surface area contributed by atoms with E-state index in [1.54, 1.807) is 6.20 Å². The van der Waals surface area contributed by atoms with Gasteiger partial charge in [-0.1, -0.05) is 13.0 Å². The van der Waals surface area contributed by atoms with Crippen LogP contribution in [0.5, 0.6) is 5.88 Å². The quantitative estimate of drug-likeness (QED) is 0.841. The molecule has 0 spiro atoms. The molecule has 1 aromatic heterocycles. The molecule has 1 aromatic rings. The van der Waals surface area contributed by atoms with Gasteiger partial charge in [-0.05, 0) is 32.4 Å². The third kappa shape index (κ3) is 3.43. The minimum atomic E-state index is 0.231. The summed E-state index contributed by atoms with van der Waals surface area (Å²) in [5.41, 5.74) is 1.11. The number of ether oxygens (including phenoxy) is 2. The maximum Gasteiger partial charge on any atom is 0.218 e. The summed E-state index contributed by atoms with van der Waals surface area (Å²) in [4.78, 5) is 4.33. The molecule has 0 aliphatic carbocycles. The van der Waals surface area contributed by atoms with E-state index < -0.39 is 0 Å². The molecular formula is C14H22N2O2. The van der Waals surface area contributed by atoms with Crippen LogP contribution in [0.2, 0.25) is 0 Å². The molecule has 4 nitrogen and oxygen atoms in total. The van der Waals surface area contributed by atoms with E-state index in [1.165, 1.54) is 0 Å². The van der Waals surface area contributed by atoms with E-state index in [0.29, 0.717) is 6.61 Å². The summed E-state index contributed by atoms with van der Waals surface area (Å²) in [7, 11) is 0. The molecule has 0 amide bonds. The van der Waals surface area contributed by atoms with Crippen molar-refractivity contribution < 1.29 is 9.47 Å². The number of pyridine rings is 1. The fourth-order valence-corrected chi connectivity index (χ4v) is 2.22. The molecule has 2 heterocycles. The van der Waals surface area contributed by atoms with E-state index >= 15 is 0 Å². The molecular weight excluding hydrogens is 228 g/mol. The molecule has 0 bridgehead atoms. The molecule has 1 aliphatic heterocycles. The normalized spacial score (nSPS) is 20.9. The van der Waals surface area contributed by atoms with Crippen LogP contribution < -0.4 is 10.1 Å². The van der Waals surface area contributed by atoms with Gasteiger partial charge in [0.25, 0.3) is 0 Å². The van der Waals surface area contributed by atoms with Gasteiger partial charge in [0.05, 0.1) is 6.10 Å². The highest BCUT2D eigenvalue weighted by atomic mass is 16.5. The average Bonchev–Trinajstić information content (AvgIpc) is 2.90. The van der Waals surface area contributed by atoms with Crippen LogP contribution in [0, 0.1) is 0 Å². The first-order valence-electron chi connectivity index (χ1n) is 6.74. The standard InChI is InChI=1S/C14H22N2O2/c1-3-15-11(2)13-7-4-8-16-14(13)18-10-12-6-5-9-17-12/h4,7-8,11-12,15H,3,5-6,9-10H2,1-2H3. The molecule has 1 aliphatic rings. The van der Waals surface area contributed by atoms with Gasteiger partial charge >= 0.3 is 0 Å². The molecule has 0 aromatic carbocycles. The molecule has 4 heteroatoms. The van der Waals surface area contributed by atoms with Crippen LogP contribution in [0.4, 0.5) is 0 Å². The number of hydrogen-bond donors (Lipinski definition) is 1. The summed E-state index contributed by atoms with van der Waals surface area (Å²) in [5, 5.41) is 3.38. The molecule has 1 N–H and O–H groups in total. The van der Waals surface area contributed by atoms with E-state index in [-0.39, 0.29) is 12.1 Å². The highest BCUT2D eigenvalue weighted by Crippen LogP contribution is 2.23. The van der Waals surface area contributed by atoms with E-state index in [4.69, 9.17) is 9.47 Å². The molecule has 18 heavy (non-hydrogen) atoms. The van der Waals surface area contributed by atoms with Crippen LogP contribution in [0.15, 0.2) is 18.3 Å². The van der Waals surface area contributed by atoms with Gasteiger partial charge in [0, 0.05) is 24.4 Å². The van der Waals surface area contributed by atoms with Crippen molar-refractivity contribution in [2.75, 3.05) is 19.8 Å². The Balaban J connectivity index is 1.97. The molecule has 100 valence electrons. The minimum Gasteiger partial charge on any atom is -0.475 e. The SMILES string of the molecule is CCNC(C)c1cccnc1OCC1CCCO1. The van der Waals surface area contributed by atoms with Crippen molar-refractivity contribution in [2.24, 2.45) is 0 Å². The Kier molecular flexibility index (Phi) is 4.96. The first kappa shape index (κ1) is 13.3. The number of aromatic nitrogens is 1. The zero-order valence-corrected chi connectivity index (χ0v) is 11.2. The Morgan fingerprint density at radius 3 is 3.22 bits per heavy atom. The summed E-state index contributed by atoms with van der Waals surface area (Å²) < 4.78 is 11.4. The van der Waals surface area contributed by atoms with Crippen molar-refractivity contribution in [1.82, 2.24) is 10.3 Å². The van der Waals surface area contributed by atoms with E-state index in [1.807, 2.05) is 6.07 Å². The van der Waals surface area contributed by atoms with Crippen molar-refractivity contribution in [2.45, 2.75) is 38.8 Å². The van der Waals surface area contributed by atoms with Crippen LogP contribution in [0.1, 0.15) is 38.3 Å². The van der Waals surface area contributed by atoms with Gasteiger partial charge in [-0.3, -0.25) is 0 Å². The largest absolute Gasteiger partial charge is 0.475 e. The Morgan fingerprint density at radius 2 is 2.50 bits per heavy atom. The fraction of sp³-hybridized carbons (Fsp3) is 0.643. The lowest BCUT2D eigenvalue weighted by Crippen LogP contribution is -2.21. The number of rotatable bonds is 6. The second-order valence-corrected chi connectivity index (χ2v) is 4.62. The first-order chi connectivity index (χ1) is 8.81. The maximum atomic E-state index is 5.81. The monoisotopic (exact) mass is 250 g/mol. The fourth-order valence-electron chi connectivity index (χ4n) is 2.22. The average molecular weight is 250 g/mol. The summed E-state index contributed by atoms with van der Waals surface area (Å²) in [6.07, 6.45) is 4.23. The molecule has 0 radical (unpaired) electrons. The van der Waals surface area contributed by atoms with Gasteiger partial charge in [0.1, 0.15) is 6.61 Å². The third-order valence-corrected chi connectivity index (χ3v) is 3.21. The highest BCUT2D eigenvalue weighted by molar-refractivity contribution is 5.28. The number of nitrogens with one attached hydrogen (secondary N) is 1. The van der Waals surface area contributed by atoms with E-state index in [9.17, 15) is 0 Å². The van der Waals surface area contributed by atoms with Gasteiger partial charge < -0.3 is 14.8 Å². The number of nitrogens with zero attached hydrogens (tertiary/aromatic N) is 1. The van der Waals surface area contributed by atoms with Crippen LogP contribution >= 0.6 is 0 Å². The predicted octanol–water partition coefficient (Wildman–Crippen LogP) is 2.31. The van der Waals surface area contributed by atoms with Crippen molar-refractivity contribution in [3.8, 4) is 5.88 Å². The smallest absolute Gasteiger partial charge is 0.218 e. The van der Waals surface area contributed by atoms with Gasteiger partial charge in [0.15, 0.2) is 0 Å². The summed E-state index contributed by atoms with van der Waals surface area (Å²) in [6, 6.07) is 4.26. The summed E-state index contributed by atoms with van der Waals surface area (Å²) in [6.45, 7) is 6.61. The van der Waals surface area contributed by atoms with Gasteiger partial charge in [-0.25, -0.2) is 4.98 Å². The number of hydrogen-bond acceptors (Lipinski definition) is 4. The van der Waals surface area contributed by atoms with Gasteiger partial charge in [0.2, 0.25) is 5.88 Å².